The fourth-order valence-corrected chi connectivity index (χ4v) is 7.38. The van der Waals surface area contributed by atoms with Gasteiger partial charge in [-0.25, -0.2) is 0 Å². The van der Waals surface area contributed by atoms with Gasteiger partial charge >= 0.3 is 21.1 Å². The third kappa shape index (κ3) is 5.75. The first kappa shape index (κ1) is 34.9. The molecule has 5 aromatic carbocycles. The molecular weight excluding hydrogens is 838 g/mol. The first-order valence-electron chi connectivity index (χ1n) is 18.0. The molecule has 0 spiro atoms. The normalized spacial score (nSPS) is 12.2. The summed E-state index contributed by atoms with van der Waals surface area (Å²) in [5, 5.41) is 1.79. The van der Waals surface area contributed by atoms with Crippen molar-refractivity contribution in [3.63, 3.8) is 0 Å². The Bertz CT molecular complexity index is 2750. The Morgan fingerprint density at radius 3 is 2.13 bits per heavy atom. The van der Waals surface area contributed by atoms with Crippen molar-refractivity contribution in [2.24, 2.45) is 0 Å². The van der Waals surface area contributed by atoms with Gasteiger partial charge in [0.2, 0.25) is 0 Å². The number of furan rings is 2. The quantitative estimate of drug-likeness (QED) is 0.149. The number of ether oxygens (including phenoxy) is 1. The van der Waals surface area contributed by atoms with Gasteiger partial charge < -0.3 is 23.1 Å². The van der Waals surface area contributed by atoms with Gasteiger partial charge in [0, 0.05) is 17.6 Å². The van der Waals surface area contributed by atoms with Gasteiger partial charge in [0.25, 0.3) is 0 Å². The molecule has 0 aliphatic rings. The Labute approximate surface area is 323 Å². The van der Waals surface area contributed by atoms with Crippen LogP contribution in [0.25, 0.3) is 72.5 Å². The Kier molecular flexibility index (Phi) is 8.58. The van der Waals surface area contributed by atoms with E-state index < -0.39 is 0 Å². The van der Waals surface area contributed by atoms with Crippen molar-refractivity contribution >= 4 is 44.1 Å². The van der Waals surface area contributed by atoms with Crippen molar-refractivity contribution in [2.45, 2.75) is 65.7 Å². The summed E-state index contributed by atoms with van der Waals surface area (Å²) in [7, 11) is 0. The van der Waals surface area contributed by atoms with Crippen molar-refractivity contribution in [3.05, 3.63) is 126 Å². The zero-order valence-corrected chi connectivity index (χ0v) is 33.0. The molecule has 0 fully saturated rings. The number of hydrogen-bond donors (Lipinski definition) is 0. The average molecular weight is 877 g/mol. The van der Waals surface area contributed by atoms with Crippen LogP contribution in [-0.2, 0) is 26.5 Å². The number of benzene rings is 5. The molecule has 0 amide bonds. The molecule has 53 heavy (non-hydrogen) atoms. The van der Waals surface area contributed by atoms with Crippen LogP contribution in [0.2, 0.25) is 0 Å². The van der Waals surface area contributed by atoms with Gasteiger partial charge in [-0.2, -0.15) is 0 Å². The molecular formula is C46H39N3O3Pt. The molecule has 0 atom stereocenters. The van der Waals surface area contributed by atoms with Crippen LogP contribution >= 0.6 is 0 Å². The molecule has 9 rings (SSSR count). The number of aromatic nitrogens is 3. The van der Waals surface area contributed by atoms with Crippen LogP contribution in [0.1, 0.15) is 77.0 Å². The van der Waals surface area contributed by atoms with E-state index in [1.54, 1.807) is 0 Å². The second-order valence-electron chi connectivity index (χ2n) is 15.3. The molecule has 4 aromatic heterocycles. The van der Waals surface area contributed by atoms with E-state index >= 15 is 0 Å². The Balaban J connectivity index is 0.00000400. The van der Waals surface area contributed by atoms with Crippen LogP contribution in [0.3, 0.4) is 0 Å². The van der Waals surface area contributed by atoms with Crippen LogP contribution in [0, 0.1) is 12.1 Å². The number of hydrogen-bond acceptors (Lipinski definition) is 5. The Morgan fingerprint density at radius 1 is 0.736 bits per heavy atom. The molecule has 0 unspecified atom stereocenters. The minimum Gasteiger partial charge on any atom is -0.500 e. The fourth-order valence-electron chi connectivity index (χ4n) is 7.38. The predicted octanol–water partition coefficient (Wildman–Crippen LogP) is 12.8. The van der Waals surface area contributed by atoms with Crippen LogP contribution in [-0.4, -0.2) is 14.5 Å². The van der Waals surface area contributed by atoms with Crippen molar-refractivity contribution < 1.29 is 34.6 Å². The molecule has 0 saturated heterocycles. The molecule has 0 N–H and O–H groups in total. The molecule has 0 aliphatic heterocycles. The number of para-hydroxylation sites is 3. The first-order chi connectivity index (χ1) is 25.1. The van der Waals surface area contributed by atoms with E-state index in [0.717, 1.165) is 61.2 Å². The molecule has 4 heterocycles. The Hall–Kier alpha value is -5.19. The molecule has 0 radical (unpaired) electrons. The summed E-state index contributed by atoms with van der Waals surface area (Å²) in [6.07, 6.45) is 1.85. The van der Waals surface area contributed by atoms with E-state index in [4.69, 9.17) is 23.5 Å². The molecule has 0 saturated carbocycles. The van der Waals surface area contributed by atoms with Gasteiger partial charge in [-0.05, 0) is 75.4 Å². The topological polar surface area (TPSA) is 66.2 Å². The zero-order chi connectivity index (χ0) is 35.9. The SMILES string of the molecule is CC(C)c1cccc(C(C)C)c1-n1c(-c2[c-]c(Oc3[c-]c(-c4cc(C(C)(C)C)ccn4)c4oc5cccc6oc3c4c65)ccc2)nc2ccccc21.[Pt+2]. The number of rotatable bonds is 7. The largest absolute Gasteiger partial charge is 2.00 e. The van der Waals surface area contributed by atoms with Gasteiger partial charge in [0.15, 0.2) is 0 Å². The second-order valence-corrected chi connectivity index (χ2v) is 15.3. The number of nitrogens with zero attached hydrogens (tertiary/aromatic N) is 3. The first-order valence-corrected chi connectivity index (χ1v) is 18.0. The standard InChI is InChI=1S/C46H39N3O3.Pt/c1-26(2)31-15-11-16-32(27(3)4)42(31)49-36-18-9-8-17-34(36)48-45(49)28-13-10-14-30(23-28)50-39-25-33(35-24-29(21-22-47-35)46(5,6)7)43-41-40-37(51-43)19-12-20-38(40)52-44(39)41;/h8-22,24,26-27H,1-7H3;/q-2;+2. The minimum atomic E-state index is -0.0638. The third-order valence-corrected chi connectivity index (χ3v) is 10.0. The van der Waals surface area contributed by atoms with Crippen molar-refractivity contribution in [1.82, 2.24) is 14.5 Å². The van der Waals surface area contributed by atoms with Crippen LogP contribution in [0.5, 0.6) is 11.5 Å². The smallest absolute Gasteiger partial charge is 0.500 e. The van der Waals surface area contributed by atoms with Crippen LogP contribution in [0.15, 0.2) is 106 Å². The van der Waals surface area contributed by atoms with E-state index in [1.165, 1.54) is 16.8 Å². The molecule has 9 aromatic rings. The predicted molar refractivity (Wildman–Crippen MR) is 209 cm³/mol. The zero-order valence-electron chi connectivity index (χ0n) is 30.8. The van der Waals surface area contributed by atoms with E-state index in [0.29, 0.717) is 34.5 Å². The second kappa shape index (κ2) is 13.0. The molecule has 7 heteroatoms. The van der Waals surface area contributed by atoms with Crippen molar-refractivity contribution in [2.75, 3.05) is 0 Å². The fraction of sp³-hybridized carbons (Fsp3) is 0.217. The molecule has 266 valence electrons. The van der Waals surface area contributed by atoms with Crippen molar-refractivity contribution in [3.8, 4) is 39.8 Å². The molecule has 0 aliphatic carbocycles. The average Bonchev–Trinajstić information content (AvgIpc) is 3.84. The molecule has 6 nitrogen and oxygen atoms in total. The summed E-state index contributed by atoms with van der Waals surface area (Å²) in [4.78, 5) is 10.00. The number of fused-ring (bicyclic) bond motifs is 1. The third-order valence-electron chi connectivity index (χ3n) is 10.0. The summed E-state index contributed by atoms with van der Waals surface area (Å²) < 4.78 is 22.0. The summed E-state index contributed by atoms with van der Waals surface area (Å²) >= 11 is 0. The maximum Gasteiger partial charge on any atom is 2.00 e. The van der Waals surface area contributed by atoms with Crippen molar-refractivity contribution in [1.29, 1.82) is 0 Å². The van der Waals surface area contributed by atoms with E-state index in [9.17, 15) is 0 Å². The van der Waals surface area contributed by atoms with Crippen LogP contribution in [0.4, 0.5) is 0 Å². The number of pyridine rings is 1. The van der Waals surface area contributed by atoms with Gasteiger partial charge in [-0.1, -0.05) is 109 Å². The van der Waals surface area contributed by atoms with Gasteiger partial charge in [0.05, 0.1) is 39.2 Å². The van der Waals surface area contributed by atoms with Gasteiger partial charge in [-0.3, -0.25) is 4.98 Å². The maximum absolute atomic E-state index is 6.74. The van der Waals surface area contributed by atoms with Gasteiger partial charge in [-0.15, -0.1) is 23.8 Å². The summed E-state index contributed by atoms with van der Waals surface area (Å²) in [6.45, 7) is 15.6. The van der Waals surface area contributed by atoms with E-state index in [2.05, 4.69) is 114 Å². The van der Waals surface area contributed by atoms with Crippen LogP contribution < -0.4 is 4.74 Å². The van der Waals surface area contributed by atoms with E-state index in [-0.39, 0.29) is 26.5 Å². The summed E-state index contributed by atoms with van der Waals surface area (Å²) in [6, 6.07) is 38.0. The summed E-state index contributed by atoms with van der Waals surface area (Å²) in [5.74, 6) is 2.39. The van der Waals surface area contributed by atoms with Gasteiger partial charge in [0.1, 0.15) is 11.2 Å². The monoisotopic (exact) mass is 876 g/mol. The minimum absolute atomic E-state index is 0. The van der Waals surface area contributed by atoms with E-state index in [1.807, 2.05) is 48.7 Å². The number of imidazole rings is 1. The maximum atomic E-state index is 6.74. The summed E-state index contributed by atoms with van der Waals surface area (Å²) in [5.41, 5.74) is 11.8. The Morgan fingerprint density at radius 2 is 1.42 bits per heavy atom. The molecule has 0 bridgehead atoms.